The maximum absolute atomic E-state index is 8.95. The van der Waals surface area contributed by atoms with Crippen molar-refractivity contribution in [2.75, 3.05) is 5.73 Å². The smallest absolute Gasteiger partial charge is 0.423 e. The van der Waals surface area contributed by atoms with Crippen LogP contribution in [0.4, 0.5) is 5.95 Å². The molecule has 0 aliphatic heterocycles. The van der Waals surface area contributed by atoms with Crippen LogP contribution in [0.15, 0.2) is 35.6 Å². The second-order valence-electron chi connectivity index (χ2n) is 3.87. The largest absolute Gasteiger partial charge is 0.488 e. The van der Waals surface area contributed by atoms with Gasteiger partial charge in [-0.2, -0.15) is 5.10 Å². The minimum atomic E-state index is -1.46. The highest BCUT2D eigenvalue weighted by molar-refractivity contribution is 6.58. The van der Waals surface area contributed by atoms with E-state index in [2.05, 4.69) is 10.1 Å². The molecule has 0 fully saturated rings. The highest BCUT2D eigenvalue weighted by Crippen LogP contribution is 2.03. The molecule has 1 aromatic heterocycles. The number of hydrogen-bond donors (Lipinski definition) is 3. The fourth-order valence-corrected chi connectivity index (χ4v) is 1.48. The van der Waals surface area contributed by atoms with Gasteiger partial charge in [0, 0.05) is 0 Å². The van der Waals surface area contributed by atoms with Crippen LogP contribution in [0.1, 0.15) is 11.3 Å². The molecule has 7 heteroatoms. The first kappa shape index (κ1) is 12.3. The third kappa shape index (κ3) is 2.76. The van der Waals surface area contributed by atoms with E-state index >= 15 is 0 Å². The van der Waals surface area contributed by atoms with E-state index in [0.717, 1.165) is 11.3 Å². The molecule has 0 saturated heterocycles. The van der Waals surface area contributed by atoms with Crippen LogP contribution >= 0.6 is 0 Å². The molecule has 0 unspecified atom stereocenters. The normalized spacial score (nSPS) is 11.1. The zero-order valence-corrected chi connectivity index (χ0v) is 9.85. The molecule has 1 aromatic carbocycles. The van der Waals surface area contributed by atoms with Crippen molar-refractivity contribution in [3.63, 3.8) is 0 Å². The van der Waals surface area contributed by atoms with Crippen molar-refractivity contribution in [1.82, 2.24) is 9.66 Å². The summed E-state index contributed by atoms with van der Waals surface area (Å²) < 4.78 is 1.48. The monoisotopic (exact) mass is 244 g/mol. The fraction of sp³-hybridized carbons (Fsp3) is 0.0909. The van der Waals surface area contributed by atoms with Gasteiger partial charge in [0.15, 0.2) is 0 Å². The van der Waals surface area contributed by atoms with Crippen molar-refractivity contribution in [2.45, 2.75) is 6.92 Å². The van der Waals surface area contributed by atoms with Crippen LogP contribution in [-0.2, 0) is 0 Å². The van der Waals surface area contributed by atoms with Gasteiger partial charge in [-0.25, -0.2) is 9.66 Å². The third-order valence-electron chi connectivity index (χ3n) is 2.40. The lowest BCUT2D eigenvalue weighted by Crippen LogP contribution is -2.29. The summed E-state index contributed by atoms with van der Waals surface area (Å²) in [5.74, 6) is 0.325. The Bertz CT molecular complexity index is 563. The Morgan fingerprint density at radius 3 is 2.50 bits per heavy atom. The number of hydrogen-bond acceptors (Lipinski definition) is 5. The molecule has 0 aliphatic rings. The molecule has 2 rings (SSSR count). The number of nitrogen functional groups attached to an aromatic ring is 1. The zero-order valence-electron chi connectivity index (χ0n) is 9.85. The van der Waals surface area contributed by atoms with Gasteiger partial charge in [0.05, 0.1) is 18.1 Å². The molecule has 18 heavy (non-hydrogen) atoms. The summed E-state index contributed by atoms with van der Waals surface area (Å²) in [6.45, 7) is 1.83. The predicted molar refractivity (Wildman–Crippen MR) is 70.6 cm³/mol. The Labute approximate surface area is 105 Å². The average molecular weight is 244 g/mol. The van der Waals surface area contributed by atoms with E-state index in [0.29, 0.717) is 11.4 Å². The minimum absolute atomic E-state index is 0.325. The molecular formula is C11H13BN4O2. The zero-order chi connectivity index (χ0) is 13.1. The summed E-state index contributed by atoms with van der Waals surface area (Å²) in [6, 6.07) is 6.71. The van der Waals surface area contributed by atoms with Gasteiger partial charge in [0.25, 0.3) is 0 Å². The maximum atomic E-state index is 8.95. The third-order valence-corrected chi connectivity index (χ3v) is 2.40. The summed E-state index contributed by atoms with van der Waals surface area (Å²) in [5.41, 5.74) is 7.70. The second-order valence-corrected chi connectivity index (χ2v) is 3.87. The molecule has 0 radical (unpaired) electrons. The number of aryl methyl sites for hydroxylation is 1. The van der Waals surface area contributed by atoms with E-state index in [1.165, 1.54) is 4.68 Å². The average Bonchev–Trinajstić information content (AvgIpc) is 2.66. The van der Waals surface area contributed by atoms with E-state index in [1.807, 2.05) is 6.92 Å². The molecule has 92 valence electrons. The lowest BCUT2D eigenvalue weighted by molar-refractivity contribution is 0.426. The van der Waals surface area contributed by atoms with E-state index in [9.17, 15) is 0 Å². The number of aromatic nitrogens is 2. The molecule has 6 nitrogen and oxygen atoms in total. The first-order valence-corrected chi connectivity index (χ1v) is 5.38. The van der Waals surface area contributed by atoms with Crippen LogP contribution in [0, 0.1) is 6.92 Å². The van der Waals surface area contributed by atoms with Gasteiger partial charge in [0.1, 0.15) is 0 Å². The van der Waals surface area contributed by atoms with Crippen molar-refractivity contribution >= 4 is 24.7 Å². The molecule has 0 amide bonds. The van der Waals surface area contributed by atoms with Crippen LogP contribution in [0.5, 0.6) is 0 Å². The fourth-order valence-electron chi connectivity index (χ4n) is 1.48. The van der Waals surface area contributed by atoms with Crippen LogP contribution in [0.3, 0.4) is 0 Å². The van der Waals surface area contributed by atoms with Crippen LogP contribution in [-0.4, -0.2) is 33.0 Å². The SMILES string of the molecule is Cc1cn(N=Cc2ccc(B(O)O)cc2)c(N)n1. The van der Waals surface area contributed by atoms with Gasteiger partial charge in [-0.05, 0) is 17.9 Å². The number of nitrogens with zero attached hydrogens (tertiary/aromatic N) is 3. The molecule has 0 bridgehead atoms. The Kier molecular flexibility index (Phi) is 3.45. The number of anilines is 1. The molecular weight excluding hydrogens is 231 g/mol. The van der Waals surface area contributed by atoms with Gasteiger partial charge in [-0.3, -0.25) is 0 Å². The number of nitrogens with two attached hydrogens (primary N) is 1. The quantitative estimate of drug-likeness (QED) is 0.493. The van der Waals surface area contributed by atoms with E-state index < -0.39 is 7.12 Å². The molecule has 0 aliphatic carbocycles. The van der Waals surface area contributed by atoms with Crippen LogP contribution in [0.25, 0.3) is 0 Å². The van der Waals surface area contributed by atoms with Crippen molar-refractivity contribution in [1.29, 1.82) is 0 Å². The highest BCUT2D eigenvalue weighted by Gasteiger charge is 2.09. The summed E-state index contributed by atoms with van der Waals surface area (Å²) in [6.07, 6.45) is 3.34. The molecule has 0 atom stereocenters. The Hall–Kier alpha value is -2.12. The molecule has 0 saturated carbocycles. The van der Waals surface area contributed by atoms with Gasteiger partial charge in [-0.1, -0.05) is 24.3 Å². The van der Waals surface area contributed by atoms with Crippen molar-refractivity contribution in [3.8, 4) is 0 Å². The molecule has 2 aromatic rings. The second kappa shape index (κ2) is 5.03. The number of benzene rings is 1. The standard InChI is InChI=1S/C11H13BN4O2/c1-8-7-16(11(13)15-8)14-6-9-2-4-10(5-3-9)12(17)18/h2-7,17-18H,1H3,(H2,13,15). The molecule has 1 heterocycles. The Balaban J connectivity index is 2.16. The van der Waals surface area contributed by atoms with Gasteiger partial charge in [-0.15, -0.1) is 0 Å². The summed E-state index contributed by atoms with van der Waals surface area (Å²) in [5, 5.41) is 22.1. The van der Waals surface area contributed by atoms with Crippen LogP contribution < -0.4 is 11.2 Å². The predicted octanol–water partition coefficient (Wildman–Crippen LogP) is -0.664. The summed E-state index contributed by atoms with van der Waals surface area (Å²) >= 11 is 0. The lowest BCUT2D eigenvalue weighted by atomic mass is 9.80. The Morgan fingerprint density at radius 1 is 1.33 bits per heavy atom. The first-order chi connectivity index (χ1) is 8.56. The van der Waals surface area contributed by atoms with Gasteiger partial charge in [0.2, 0.25) is 5.95 Å². The van der Waals surface area contributed by atoms with Gasteiger partial charge < -0.3 is 15.8 Å². The number of rotatable bonds is 3. The van der Waals surface area contributed by atoms with Crippen molar-refractivity contribution < 1.29 is 10.0 Å². The van der Waals surface area contributed by atoms with Crippen molar-refractivity contribution in [2.24, 2.45) is 5.10 Å². The molecule has 0 spiro atoms. The van der Waals surface area contributed by atoms with Crippen LogP contribution in [0.2, 0.25) is 0 Å². The van der Waals surface area contributed by atoms with E-state index in [1.54, 1.807) is 36.7 Å². The maximum Gasteiger partial charge on any atom is 0.488 e. The highest BCUT2D eigenvalue weighted by atomic mass is 16.4. The lowest BCUT2D eigenvalue weighted by Gasteiger charge is -1.99. The first-order valence-electron chi connectivity index (χ1n) is 5.38. The minimum Gasteiger partial charge on any atom is -0.423 e. The number of imidazole rings is 1. The van der Waals surface area contributed by atoms with E-state index in [4.69, 9.17) is 15.8 Å². The van der Waals surface area contributed by atoms with E-state index in [-0.39, 0.29) is 0 Å². The summed E-state index contributed by atoms with van der Waals surface area (Å²) in [4.78, 5) is 4.02. The molecule has 4 N–H and O–H groups in total. The van der Waals surface area contributed by atoms with Gasteiger partial charge >= 0.3 is 7.12 Å². The Morgan fingerprint density at radius 2 is 2.00 bits per heavy atom. The topological polar surface area (TPSA) is 96.7 Å². The summed E-state index contributed by atoms with van der Waals surface area (Å²) in [7, 11) is -1.46. The van der Waals surface area contributed by atoms with Crippen molar-refractivity contribution in [3.05, 3.63) is 41.7 Å².